The number of rotatable bonds is 1. The zero-order valence-corrected chi connectivity index (χ0v) is 11.6. The van der Waals surface area contributed by atoms with Gasteiger partial charge in [-0.3, -0.25) is 4.79 Å². The van der Waals surface area contributed by atoms with Gasteiger partial charge >= 0.3 is 0 Å². The summed E-state index contributed by atoms with van der Waals surface area (Å²) in [6.45, 7) is 1.91. The van der Waals surface area contributed by atoms with E-state index >= 15 is 0 Å². The van der Waals surface area contributed by atoms with Crippen LogP contribution in [0, 0.1) is 5.41 Å². The molecular weight excluding hydrogens is 242 g/mol. The smallest absolute Gasteiger partial charge is 0.225 e. The average molecular weight is 267 g/mol. The third kappa shape index (κ3) is 2.52. The van der Waals surface area contributed by atoms with Gasteiger partial charge in [0, 0.05) is 12.6 Å². The van der Waals surface area contributed by atoms with E-state index in [1.165, 1.54) is 25.7 Å². The Hall–Kier alpha value is -0.610. The van der Waals surface area contributed by atoms with E-state index in [-0.39, 0.29) is 18.1 Å². The highest BCUT2D eigenvalue weighted by atomic mass is 16.5. The Morgan fingerprint density at radius 2 is 2.00 bits per heavy atom. The van der Waals surface area contributed by atoms with Crippen molar-refractivity contribution >= 4 is 5.91 Å². The predicted molar refractivity (Wildman–Crippen MR) is 71.7 cm³/mol. The molecule has 3 rings (SSSR count). The van der Waals surface area contributed by atoms with Crippen LogP contribution in [0.4, 0.5) is 0 Å². The second kappa shape index (κ2) is 5.41. The van der Waals surface area contributed by atoms with Crippen LogP contribution in [0.1, 0.15) is 51.4 Å². The maximum Gasteiger partial charge on any atom is 0.225 e. The Labute approximate surface area is 115 Å². The number of hydrogen-bond donors (Lipinski definition) is 1. The van der Waals surface area contributed by atoms with Crippen molar-refractivity contribution in [3.8, 4) is 0 Å². The van der Waals surface area contributed by atoms with Crippen LogP contribution in [0.25, 0.3) is 0 Å². The molecule has 2 unspecified atom stereocenters. The van der Waals surface area contributed by atoms with E-state index in [2.05, 4.69) is 0 Å². The van der Waals surface area contributed by atoms with Gasteiger partial charge in [-0.05, 0) is 37.5 Å². The fraction of sp³-hybridized carbons (Fsp3) is 0.933. The summed E-state index contributed by atoms with van der Waals surface area (Å²) < 4.78 is 5.44. The fourth-order valence-corrected chi connectivity index (χ4v) is 4.39. The second-order valence-corrected chi connectivity index (χ2v) is 6.46. The summed E-state index contributed by atoms with van der Waals surface area (Å²) in [6, 6.07) is 0.243. The van der Waals surface area contributed by atoms with Crippen molar-refractivity contribution in [3.63, 3.8) is 0 Å². The van der Waals surface area contributed by atoms with Crippen LogP contribution in [-0.2, 0) is 9.53 Å². The highest BCUT2D eigenvalue weighted by Gasteiger charge is 2.48. The molecular formula is C15H25NO3. The molecule has 108 valence electrons. The van der Waals surface area contributed by atoms with Gasteiger partial charge in [-0.25, -0.2) is 0 Å². The summed E-state index contributed by atoms with van der Waals surface area (Å²) >= 11 is 0. The molecule has 0 radical (unpaired) electrons. The monoisotopic (exact) mass is 267 g/mol. The van der Waals surface area contributed by atoms with E-state index in [0.717, 1.165) is 19.3 Å². The van der Waals surface area contributed by atoms with Crippen molar-refractivity contribution in [2.24, 2.45) is 5.41 Å². The molecule has 1 amide bonds. The van der Waals surface area contributed by atoms with Crippen molar-refractivity contribution in [2.45, 2.75) is 63.5 Å². The SMILES string of the molecule is O=C1CCOCCN1C1CC(O)CCC12CCCC2. The lowest BCUT2D eigenvalue weighted by Crippen LogP contribution is -2.54. The molecule has 2 saturated carbocycles. The number of aliphatic hydroxyl groups is 1. The molecule has 2 aliphatic carbocycles. The third-order valence-electron chi connectivity index (χ3n) is 5.41. The summed E-state index contributed by atoms with van der Waals surface area (Å²) in [6.07, 6.45) is 8.07. The zero-order chi connectivity index (χ0) is 13.3. The predicted octanol–water partition coefficient (Wildman–Crippen LogP) is 1.71. The molecule has 3 aliphatic rings. The van der Waals surface area contributed by atoms with Gasteiger partial charge in [0.1, 0.15) is 0 Å². The minimum atomic E-state index is -0.229. The Balaban J connectivity index is 1.83. The summed E-state index contributed by atoms with van der Waals surface area (Å²) in [5, 5.41) is 10.0. The van der Waals surface area contributed by atoms with Crippen molar-refractivity contribution in [3.05, 3.63) is 0 Å². The summed E-state index contributed by atoms with van der Waals surface area (Å²) in [5.74, 6) is 0.225. The molecule has 19 heavy (non-hydrogen) atoms. The third-order valence-corrected chi connectivity index (χ3v) is 5.41. The molecule has 4 nitrogen and oxygen atoms in total. The van der Waals surface area contributed by atoms with Crippen LogP contribution in [0.15, 0.2) is 0 Å². The minimum Gasteiger partial charge on any atom is -0.393 e. The van der Waals surface area contributed by atoms with Crippen LogP contribution < -0.4 is 0 Å². The molecule has 0 aromatic rings. The van der Waals surface area contributed by atoms with Crippen LogP contribution in [0.5, 0.6) is 0 Å². The standard InChI is InChI=1S/C15H25NO3/c17-12-3-7-15(5-1-2-6-15)13(11-12)16-8-10-19-9-4-14(16)18/h12-13,17H,1-11H2. The van der Waals surface area contributed by atoms with Crippen LogP contribution in [0.3, 0.4) is 0 Å². The van der Waals surface area contributed by atoms with Gasteiger partial charge in [-0.2, -0.15) is 0 Å². The van der Waals surface area contributed by atoms with Gasteiger partial charge in [0.15, 0.2) is 0 Å². The number of carbonyl (C=O) groups excluding carboxylic acids is 1. The van der Waals surface area contributed by atoms with E-state index in [4.69, 9.17) is 4.74 Å². The molecule has 2 atom stereocenters. The zero-order valence-electron chi connectivity index (χ0n) is 11.6. The first kappa shape index (κ1) is 13.4. The molecule has 1 spiro atoms. The van der Waals surface area contributed by atoms with Crippen LogP contribution in [0.2, 0.25) is 0 Å². The summed E-state index contributed by atoms with van der Waals surface area (Å²) in [5.41, 5.74) is 0.291. The fourth-order valence-electron chi connectivity index (χ4n) is 4.39. The highest BCUT2D eigenvalue weighted by Crippen LogP contribution is 2.51. The number of carbonyl (C=O) groups is 1. The lowest BCUT2D eigenvalue weighted by atomic mass is 9.67. The van der Waals surface area contributed by atoms with Gasteiger partial charge in [0.2, 0.25) is 5.91 Å². The molecule has 1 aliphatic heterocycles. The van der Waals surface area contributed by atoms with Crippen molar-refractivity contribution in [1.29, 1.82) is 0 Å². The van der Waals surface area contributed by atoms with Crippen molar-refractivity contribution in [2.75, 3.05) is 19.8 Å². The van der Waals surface area contributed by atoms with E-state index in [1.54, 1.807) is 0 Å². The van der Waals surface area contributed by atoms with Gasteiger partial charge in [-0.1, -0.05) is 12.8 Å². The first-order valence-electron chi connectivity index (χ1n) is 7.77. The average Bonchev–Trinajstić information content (AvgIpc) is 2.77. The Morgan fingerprint density at radius 1 is 1.21 bits per heavy atom. The molecule has 3 fully saturated rings. The summed E-state index contributed by atoms with van der Waals surface area (Å²) in [7, 11) is 0. The number of amides is 1. The van der Waals surface area contributed by atoms with Crippen molar-refractivity contribution < 1.29 is 14.6 Å². The van der Waals surface area contributed by atoms with Gasteiger partial charge in [0.05, 0.1) is 25.7 Å². The molecule has 1 heterocycles. The highest BCUT2D eigenvalue weighted by molar-refractivity contribution is 5.77. The maximum absolute atomic E-state index is 12.3. The Morgan fingerprint density at radius 3 is 2.79 bits per heavy atom. The molecule has 0 bridgehead atoms. The maximum atomic E-state index is 12.3. The number of ether oxygens (including phenoxy) is 1. The van der Waals surface area contributed by atoms with Crippen LogP contribution in [-0.4, -0.2) is 47.8 Å². The van der Waals surface area contributed by atoms with E-state index in [9.17, 15) is 9.90 Å². The molecule has 0 aromatic heterocycles. The topological polar surface area (TPSA) is 49.8 Å². The molecule has 1 saturated heterocycles. The second-order valence-electron chi connectivity index (χ2n) is 6.46. The van der Waals surface area contributed by atoms with E-state index in [1.807, 2.05) is 4.90 Å². The van der Waals surface area contributed by atoms with Gasteiger partial charge in [0.25, 0.3) is 0 Å². The number of nitrogens with zero attached hydrogens (tertiary/aromatic N) is 1. The largest absolute Gasteiger partial charge is 0.393 e. The normalized spacial score (nSPS) is 35.6. The molecule has 4 heteroatoms. The van der Waals surface area contributed by atoms with Crippen LogP contribution >= 0.6 is 0 Å². The first-order chi connectivity index (χ1) is 9.21. The van der Waals surface area contributed by atoms with E-state index < -0.39 is 0 Å². The van der Waals surface area contributed by atoms with Gasteiger partial charge < -0.3 is 14.7 Å². The number of hydrogen-bond acceptors (Lipinski definition) is 3. The lowest BCUT2D eigenvalue weighted by molar-refractivity contribution is -0.139. The molecule has 1 N–H and O–H groups in total. The molecule has 0 aromatic carbocycles. The Bertz CT molecular complexity index is 338. The van der Waals surface area contributed by atoms with Gasteiger partial charge in [-0.15, -0.1) is 0 Å². The van der Waals surface area contributed by atoms with Crippen molar-refractivity contribution in [1.82, 2.24) is 4.90 Å². The quantitative estimate of drug-likeness (QED) is 0.787. The Kier molecular flexibility index (Phi) is 3.81. The summed E-state index contributed by atoms with van der Waals surface area (Å²) in [4.78, 5) is 14.4. The lowest BCUT2D eigenvalue weighted by Gasteiger charge is -2.48. The van der Waals surface area contributed by atoms with E-state index in [0.29, 0.717) is 31.6 Å². The number of aliphatic hydroxyl groups excluding tert-OH is 1. The first-order valence-corrected chi connectivity index (χ1v) is 7.77. The minimum absolute atomic E-state index is 0.225.